The van der Waals surface area contributed by atoms with Crippen molar-refractivity contribution in [2.75, 3.05) is 36.0 Å². The molecular weight excluding hydrogens is 324 g/mol. The normalized spacial score (nSPS) is 21.5. The average molecular weight is 350 g/mol. The quantitative estimate of drug-likeness (QED) is 0.853. The number of nitrogens with zero attached hydrogens (tertiary/aromatic N) is 4. The molecule has 1 aromatic heterocycles. The first-order valence-corrected chi connectivity index (χ1v) is 9.46. The summed E-state index contributed by atoms with van der Waals surface area (Å²) >= 11 is 0. The minimum absolute atomic E-state index is 0.102. The molecule has 2 atom stereocenters. The highest BCUT2D eigenvalue weighted by Crippen LogP contribution is 2.32. The molecular formula is C21H26N4O. The van der Waals surface area contributed by atoms with Gasteiger partial charge in [0.2, 0.25) is 5.91 Å². The van der Waals surface area contributed by atoms with Gasteiger partial charge in [-0.25, -0.2) is 4.98 Å². The number of hydrogen-bond acceptors (Lipinski definition) is 4. The van der Waals surface area contributed by atoms with Crippen LogP contribution < -0.4 is 9.80 Å². The molecule has 2 aliphatic rings. The highest BCUT2D eigenvalue weighted by molar-refractivity contribution is 5.99. The first kappa shape index (κ1) is 17.0. The summed E-state index contributed by atoms with van der Waals surface area (Å²) in [5.41, 5.74) is 2.37. The maximum Gasteiger partial charge on any atom is 0.244 e. The van der Waals surface area contributed by atoms with E-state index in [0.29, 0.717) is 0 Å². The van der Waals surface area contributed by atoms with Crippen molar-refractivity contribution >= 4 is 17.4 Å². The molecule has 5 nitrogen and oxygen atoms in total. The summed E-state index contributed by atoms with van der Waals surface area (Å²) < 4.78 is 0. The molecule has 0 aliphatic carbocycles. The average Bonchev–Trinajstić information content (AvgIpc) is 3.03. The third-order valence-electron chi connectivity index (χ3n) is 5.64. The van der Waals surface area contributed by atoms with Gasteiger partial charge in [-0.05, 0) is 44.0 Å². The van der Waals surface area contributed by atoms with E-state index >= 15 is 0 Å². The minimum Gasteiger partial charge on any atom is -0.354 e. The number of carbonyl (C=O) groups excluding carboxylic acids is 1. The molecule has 1 aromatic carbocycles. The number of pyridine rings is 1. The van der Waals surface area contributed by atoms with Gasteiger partial charge in [0.1, 0.15) is 5.82 Å². The van der Waals surface area contributed by atoms with Crippen LogP contribution in [0.25, 0.3) is 0 Å². The van der Waals surface area contributed by atoms with Crippen LogP contribution >= 0.6 is 0 Å². The van der Waals surface area contributed by atoms with Crippen LogP contribution in [0.5, 0.6) is 0 Å². The monoisotopic (exact) mass is 350 g/mol. The number of carbonyl (C=O) groups is 1. The Morgan fingerprint density at radius 2 is 1.81 bits per heavy atom. The molecule has 4 rings (SSSR count). The lowest BCUT2D eigenvalue weighted by atomic mass is 10.1. The molecule has 0 N–H and O–H groups in total. The molecule has 3 heterocycles. The third kappa shape index (κ3) is 3.07. The van der Waals surface area contributed by atoms with Crippen LogP contribution in [0.3, 0.4) is 0 Å². The van der Waals surface area contributed by atoms with E-state index in [9.17, 15) is 4.79 Å². The number of aromatic nitrogens is 1. The van der Waals surface area contributed by atoms with Crippen molar-refractivity contribution in [1.29, 1.82) is 0 Å². The van der Waals surface area contributed by atoms with E-state index < -0.39 is 0 Å². The Morgan fingerprint density at radius 3 is 2.54 bits per heavy atom. The molecule has 136 valence electrons. The van der Waals surface area contributed by atoms with E-state index in [1.807, 2.05) is 42.3 Å². The highest BCUT2D eigenvalue weighted by atomic mass is 16.2. The zero-order chi connectivity index (χ0) is 18.1. The molecule has 0 unspecified atom stereocenters. The Bertz CT molecular complexity index is 771. The summed E-state index contributed by atoms with van der Waals surface area (Å²) in [6.45, 7) is 7.76. The SMILES string of the molecule is C[C@@H]1Cc2ccccc2N1C(=O)[C@H](C)N1CCN(c2ccccn2)CC1. The molecule has 5 heteroatoms. The summed E-state index contributed by atoms with van der Waals surface area (Å²) in [5.74, 6) is 1.24. The van der Waals surface area contributed by atoms with Gasteiger partial charge < -0.3 is 9.80 Å². The van der Waals surface area contributed by atoms with Gasteiger partial charge in [-0.1, -0.05) is 24.3 Å². The number of rotatable bonds is 3. The van der Waals surface area contributed by atoms with Gasteiger partial charge in [-0.15, -0.1) is 0 Å². The maximum atomic E-state index is 13.2. The van der Waals surface area contributed by atoms with Crippen LogP contribution in [0.15, 0.2) is 48.7 Å². The fourth-order valence-electron chi connectivity index (χ4n) is 4.14. The Morgan fingerprint density at radius 1 is 1.08 bits per heavy atom. The second-order valence-electron chi connectivity index (χ2n) is 7.28. The third-order valence-corrected chi connectivity index (χ3v) is 5.64. The van der Waals surface area contributed by atoms with Gasteiger partial charge in [-0.2, -0.15) is 0 Å². The molecule has 2 aliphatic heterocycles. The van der Waals surface area contributed by atoms with Crippen molar-refractivity contribution in [3.8, 4) is 0 Å². The van der Waals surface area contributed by atoms with E-state index in [4.69, 9.17) is 0 Å². The zero-order valence-corrected chi connectivity index (χ0v) is 15.5. The van der Waals surface area contributed by atoms with Crippen LogP contribution in [0.1, 0.15) is 19.4 Å². The van der Waals surface area contributed by atoms with Crippen molar-refractivity contribution in [1.82, 2.24) is 9.88 Å². The number of amides is 1. The Kier molecular flexibility index (Phi) is 4.64. The largest absolute Gasteiger partial charge is 0.354 e. The standard InChI is InChI=1S/C21H26N4O/c1-16-15-18-7-3-4-8-19(18)25(16)21(26)17(2)23-11-13-24(14-12-23)20-9-5-6-10-22-20/h3-10,16-17H,11-15H2,1-2H3/t16-,17+/m1/s1. The topological polar surface area (TPSA) is 39.7 Å². The number of para-hydroxylation sites is 1. The van der Waals surface area contributed by atoms with E-state index in [2.05, 4.69) is 39.9 Å². The zero-order valence-electron chi connectivity index (χ0n) is 15.5. The first-order valence-electron chi connectivity index (χ1n) is 9.46. The Labute approximate surface area is 155 Å². The smallest absolute Gasteiger partial charge is 0.244 e. The lowest BCUT2D eigenvalue weighted by Gasteiger charge is -2.39. The van der Waals surface area contributed by atoms with Crippen molar-refractivity contribution in [2.24, 2.45) is 0 Å². The van der Waals surface area contributed by atoms with Crippen LogP contribution in [0.4, 0.5) is 11.5 Å². The van der Waals surface area contributed by atoms with E-state index in [-0.39, 0.29) is 18.0 Å². The van der Waals surface area contributed by atoms with Crippen LogP contribution in [0.2, 0.25) is 0 Å². The van der Waals surface area contributed by atoms with Crippen molar-refractivity contribution < 1.29 is 4.79 Å². The van der Waals surface area contributed by atoms with Crippen molar-refractivity contribution in [3.63, 3.8) is 0 Å². The Balaban J connectivity index is 1.42. The van der Waals surface area contributed by atoms with E-state index in [1.165, 1.54) is 5.56 Å². The Hall–Kier alpha value is -2.40. The minimum atomic E-state index is -0.102. The molecule has 1 fully saturated rings. The maximum absolute atomic E-state index is 13.2. The van der Waals surface area contributed by atoms with Crippen LogP contribution in [-0.2, 0) is 11.2 Å². The van der Waals surface area contributed by atoms with E-state index in [1.54, 1.807) is 0 Å². The molecule has 0 radical (unpaired) electrons. The van der Waals surface area contributed by atoms with Gasteiger partial charge >= 0.3 is 0 Å². The van der Waals surface area contributed by atoms with Gasteiger partial charge in [0.25, 0.3) is 0 Å². The molecule has 0 saturated carbocycles. The number of hydrogen-bond donors (Lipinski definition) is 0. The summed E-state index contributed by atoms with van der Waals surface area (Å²) in [7, 11) is 0. The fraction of sp³-hybridized carbons (Fsp3) is 0.429. The summed E-state index contributed by atoms with van der Waals surface area (Å²) in [4.78, 5) is 24.3. The molecule has 0 spiro atoms. The van der Waals surface area contributed by atoms with Gasteiger partial charge in [-0.3, -0.25) is 9.69 Å². The van der Waals surface area contributed by atoms with Gasteiger partial charge in [0.05, 0.1) is 6.04 Å². The number of fused-ring (bicyclic) bond motifs is 1. The lowest BCUT2D eigenvalue weighted by molar-refractivity contribution is -0.123. The predicted octanol–water partition coefficient (Wildman–Crippen LogP) is 2.57. The number of benzene rings is 1. The molecule has 1 saturated heterocycles. The highest BCUT2D eigenvalue weighted by Gasteiger charge is 2.35. The van der Waals surface area contributed by atoms with Crippen molar-refractivity contribution in [3.05, 3.63) is 54.2 Å². The van der Waals surface area contributed by atoms with Gasteiger partial charge in [0.15, 0.2) is 0 Å². The molecule has 1 amide bonds. The summed E-state index contributed by atoms with van der Waals surface area (Å²) in [6.07, 6.45) is 2.78. The molecule has 26 heavy (non-hydrogen) atoms. The van der Waals surface area contributed by atoms with Gasteiger partial charge in [0, 0.05) is 44.1 Å². The lowest BCUT2D eigenvalue weighted by Crippen LogP contribution is -2.55. The van der Waals surface area contributed by atoms with E-state index in [0.717, 1.165) is 44.1 Å². The van der Waals surface area contributed by atoms with Crippen LogP contribution in [-0.4, -0.2) is 54.1 Å². The van der Waals surface area contributed by atoms with Crippen LogP contribution in [0, 0.1) is 0 Å². The second-order valence-corrected chi connectivity index (χ2v) is 7.28. The number of anilines is 2. The van der Waals surface area contributed by atoms with Crippen molar-refractivity contribution in [2.45, 2.75) is 32.4 Å². The fourth-order valence-corrected chi connectivity index (χ4v) is 4.14. The first-order chi connectivity index (χ1) is 12.6. The summed E-state index contributed by atoms with van der Waals surface area (Å²) in [6, 6.07) is 14.4. The second kappa shape index (κ2) is 7.08. The number of piperazine rings is 1. The summed E-state index contributed by atoms with van der Waals surface area (Å²) in [5, 5.41) is 0. The molecule has 0 bridgehead atoms. The predicted molar refractivity (Wildman–Crippen MR) is 105 cm³/mol. The molecule has 2 aromatic rings.